The zero-order chi connectivity index (χ0) is 71.0. The predicted octanol–water partition coefficient (Wildman–Crippen LogP) is 22.4. The van der Waals surface area contributed by atoms with Crippen LogP contribution in [0.1, 0.15) is 389 Å². The first-order valence-electron chi connectivity index (χ1n) is 39.8. The van der Waals surface area contributed by atoms with Crippen LogP contribution in [0, 0.1) is 23.7 Å². The molecule has 0 saturated carbocycles. The van der Waals surface area contributed by atoms with Gasteiger partial charge in [0.1, 0.15) is 19.3 Å². The van der Waals surface area contributed by atoms with Crippen LogP contribution in [-0.4, -0.2) is 96.7 Å². The third-order valence-electron chi connectivity index (χ3n) is 18.5. The largest absolute Gasteiger partial charge is 0.472 e. The molecule has 0 bridgehead atoms. The van der Waals surface area contributed by atoms with E-state index in [0.717, 1.165) is 114 Å². The van der Waals surface area contributed by atoms with E-state index < -0.39 is 97.5 Å². The molecular formula is C77H150O17P2. The number of aliphatic hydroxyl groups excluding tert-OH is 1. The summed E-state index contributed by atoms with van der Waals surface area (Å²) in [6.45, 7) is 14.2. The summed E-state index contributed by atoms with van der Waals surface area (Å²) in [7, 11) is -9.91. The minimum absolute atomic E-state index is 0.103. The highest BCUT2D eigenvalue weighted by Gasteiger charge is 2.30. The van der Waals surface area contributed by atoms with Crippen molar-refractivity contribution in [3.8, 4) is 0 Å². The molecule has 0 fully saturated rings. The Bertz CT molecular complexity index is 1890. The number of rotatable bonds is 74. The Morgan fingerprint density at radius 1 is 0.292 bits per heavy atom. The van der Waals surface area contributed by atoms with Crippen LogP contribution in [0.3, 0.4) is 0 Å². The molecule has 0 rings (SSSR count). The molecular weight excluding hydrogens is 1260 g/mol. The summed E-state index contributed by atoms with van der Waals surface area (Å²) in [4.78, 5) is 72.7. The van der Waals surface area contributed by atoms with Crippen molar-refractivity contribution < 1.29 is 80.2 Å². The van der Waals surface area contributed by atoms with Crippen molar-refractivity contribution in [2.24, 2.45) is 23.7 Å². The van der Waals surface area contributed by atoms with Crippen LogP contribution < -0.4 is 0 Å². The van der Waals surface area contributed by atoms with Crippen molar-refractivity contribution in [1.82, 2.24) is 0 Å². The van der Waals surface area contributed by atoms with E-state index in [1.807, 2.05) is 0 Å². The van der Waals surface area contributed by atoms with Gasteiger partial charge in [0.2, 0.25) is 0 Å². The first kappa shape index (κ1) is 94.1. The van der Waals surface area contributed by atoms with Gasteiger partial charge in [-0.15, -0.1) is 0 Å². The Morgan fingerprint density at radius 3 is 0.740 bits per heavy atom. The highest BCUT2D eigenvalue weighted by Crippen LogP contribution is 2.45. The Hall–Kier alpha value is -1.94. The number of carbonyl (C=O) groups excluding carboxylic acids is 4. The third-order valence-corrected chi connectivity index (χ3v) is 20.4. The van der Waals surface area contributed by atoms with Crippen LogP contribution in [0.4, 0.5) is 0 Å². The molecule has 4 unspecified atom stereocenters. The molecule has 0 amide bonds. The monoisotopic (exact) mass is 1410 g/mol. The lowest BCUT2D eigenvalue weighted by molar-refractivity contribution is -0.161. The molecule has 0 heterocycles. The Kier molecular flexibility index (Phi) is 65.0. The molecule has 570 valence electrons. The average Bonchev–Trinajstić information content (AvgIpc) is 1.80. The summed E-state index contributed by atoms with van der Waals surface area (Å²) in [6, 6.07) is 0. The van der Waals surface area contributed by atoms with Crippen molar-refractivity contribution in [2.45, 2.75) is 408 Å². The second kappa shape index (κ2) is 66.3. The molecule has 17 nitrogen and oxygen atoms in total. The number of carbonyl (C=O) groups is 4. The maximum absolute atomic E-state index is 13.1. The number of aliphatic hydroxyl groups is 1. The lowest BCUT2D eigenvalue weighted by atomic mass is 9.99. The molecule has 0 aliphatic heterocycles. The van der Waals surface area contributed by atoms with Gasteiger partial charge in [-0.05, 0) is 49.4 Å². The smallest absolute Gasteiger partial charge is 0.462 e. The molecule has 3 N–H and O–H groups in total. The van der Waals surface area contributed by atoms with Gasteiger partial charge in [-0.1, -0.05) is 338 Å². The number of phosphoric acid groups is 2. The number of unbranched alkanes of at least 4 members (excludes halogenated alkanes) is 38. The summed E-state index contributed by atoms with van der Waals surface area (Å²) < 4.78 is 68.5. The lowest BCUT2D eigenvalue weighted by Gasteiger charge is -2.21. The van der Waals surface area contributed by atoms with E-state index in [2.05, 4.69) is 55.4 Å². The predicted molar refractivity (Wildman–Crippen MR) is 391 cm³/mol. The fraction of sp³-hybridized carbons (Fsp3) is 0.948. The summed E-state index contributed by atoms with van der Waals surface area (Å²) in [5.74, 6) is 0.950. The summed E-state index contributed by atoms with van der Waals surface area (Å²) in [5.41, 5.74) is 0. The number of ether oxygens (including phenoxy) is 4. The standard InChI is InChI=1S/C77H150O17P2/c1-9-69(7)55-47-39-30-23-19-17-15-13-11-12-14-16-18-20-25-32-41-49-57-74(79)87-63-72(93-76(81)59-51-43-33-26-22-21-24-31-40-48-56-70(8)10-2)65-91-95(83,84)89-61-71(78)62-90-96(85,86)92-66-73(64-88-75(80)58-50-42-36-35-38-46-54-68(5)6)94-77(82)60-52-44-34-28-27-29-37-45-53-67(3)4/h67-73,78H,9-66H2,1-8H3,(H,83,84)(H,85,86)/t69?,70?,71-,72-,73-/m1/s1. The quantitative estimate of drug-likeness (QED) is 0.0222. The minimum Gasteiger partial charge on any atom is -0.462 e. The Balaban J connectivity index is 5.17. The lowest BCUT2D eigenvalue weighted by Crippen LogP contribution is -2.30. The Morgan fingerprint density at radius 2 is 0.500 bits per heavy atom. The molecule has 0 saturated heterocycles. The van der Waals surface area contributed by atoms with E-state index in [9.17, 15) is 43.2 Å². The van der Waals surface area contributed by atoms with Gasteiger partial charge in [0, 0.05) is 25.7 Å². The average molecular weight is 1410 g/mol. The van der Waals surface area contributed by atoms with Gasteiger partial charge in [0.05, 0.1) is 26.4 Å². The second-order valence-corrected chi connectivity index (χ2v) is 32.1. The zero-order valence-electron chi connectivity index (χ0n) is 63.0. The maximum atomic E-state index is 13.1. The summed E-state index contributed by atoms with van der Waals surface area (Å²) >= 11 is 0. The van der Waals surface area contributed by atoms with Gasteiger partial charge >= 0.3 is 39.5 Å². The first-order chi connectivity index (χ1) is 46.2. The molecule has 0 aromatic rings. The van der Waals surface area contributed by atoms with Crippen LogP contribution in [0.5, 0.6) is 0 Å². The second-order valence-electron chi connectivity index (χ2n) is 29.2. The van der Waals surface area contributed by atoms with Gasteiger partial charge in [0.15, 0.2) is 12.2 Å². The molecule has 0 aliphatic carbocycles. The summed E-state index contributed by atoms with van der Waals surface area (Å²) in [6.07, 6.45) is 51.6. The topological polar surface area (TPSA) is 237 Å². The van der Waals surface area contributed by atoms with E-state index in [0.29, 0.717) is 31.6 Å². The minimum atomic E-state index is -4.96. The van der Waals surface area contributed by atoms with Crippen molar-refractivity contribution in [1.29, 1.82) is 0 Å². The molecule has 0 aliphatic rings. The van der Waals surface area contributed by atoms with Crippen molar-refractivity contribution in [3.05, 3.63) is 0 Å². The number of hydrogen-bond donors (Lipinski definition) is 3. The van der Waals surface area contributed by atoms with E-state index in [1.165, 1.54) is 186 Å². The van der Waals surface area contributed by atoms with Crippen LogP contribution in [-0.2, 0) is 65.4 Å². The molecule has 0 aromatic carbocycles. The van der Waals surface area contributed by atoms with Gasteiger partial charge in [0.25, 0.3) is 0 Å². The normalized spacial score (nSPS) is 14.7. The molecule has 0 spiro atoms. The van der Waals surface area contributed by atoms with Crippen LogP contribution in [0.15, 0.2) is 0 Å². The molecule has 0 radical (unpaired) electrons. The van der Waals surface area contributed by atoms with E-state index in [1.54, 1.807) is 0 Å². The number of esters is 4. The van der Waals surface area contributed by atoms with E-state index in [-0.39, 0.29) is 25.7 Å². The van der Waals surface area contributed by atoms with Crippen LogP contribution in [0.25, 0.3) is 0 Å². The van der Waals surface area contributed by atoms with Gasteiger partial charge in [-0.3, -0.25) is 37.3 Å². The molecule has 7 atom stereocenters. The van der Waals surface area contributed by atoms with Gasteiger partial charge in [-0.2, -0.15) is 0 Å². The highest BCUT2D eigenvalue weighted by atomic mass is 31.2. The molecule has 96 heavy (non-hydrogen) atoms. The fourth-order valence-corrected chi connectivity index (χ4v) is 13.2. The number of phosphoric ester groups is 2. The van der Waals surface area contributed by atoms with Gasteiger partial charge in [-0.25, -0.2) is 9.13 Å². The highest BCUT2D eigenvalue weighted by molar-refractivity contribution is 7.47. The third kappa shape index (κ3) is 67.9. The Labute approximate surface area is 588 Å². The van der Waals surface area contributed by atoms with Gasteiger partial charge < -0.3 is 33.8 Å². The SMILES string of the molecule is CCC(C)CCCCCCCCCCCCCCCCCCCCC(=O)OC[C@H](COP(=O)(O)OC[C@@H](O)COP(=O)(O)OC[C@@H](COC(=O)CCCCCCCCC(C)C)OC(=O)CCCCCCCCCCC(C)C)OC(=O)CCCCCCCCCCCCC(C)CC. The van der Waals surface area contributed by atoms with Crippen molar-refractivity contribution in [2.75, 3.05) is 39.6 Å². The van der Waals surface area contributed by atoms with Crippen molar-refractivity contribution in [3.63, 3.8) is 0 Å². The van der Waals surface area contributed by atoms with Crippen molar-refractivity contribution >= 4 is 39.5 Å². The zero-order valence-corrected chi connectivity index (χ0v) is 64.8. The first-order valence-corrected chi connectivity index (χ1v) is 42.8. The summed E-state index contributed by atoms with van der Waals surface area (Å²) in [5, 5.41) is 10.6. The van der Waals surface area contributed by atoms with E-state index >= 15 is 0 Å². The molecule has 19 heteroatoms. The van der Waals surface area contributed by atoms with E-state index in [4.69, 9.17) is 37.0 Å². The molecule has 0 aromatic heterocycles. The fourth-order valence-electron chi connectivity index (χ4n) is 11.7. The number of hydrogen-bond acceptors (Lipinski definition) is 15. The van der Waals surface area contributed by atoms with Crippen LogP contribution in [0.2, 0.25) is 0 Å². The maximum Gasteiger partial charge on any atom is 0.472 e. The van der Waals surface area contributed by atoms with Crippen LogP contribution >= 0.6 is 15.6 Å².